The molecule has 0 radical (unpaired) electrons. The maximum atomic E-state index is 2.43. The third kappa shape index (κ3) is 2.29. The van der Waals surface area contributed by atoms with Crippen LogP contribution in [0.15, 0.2) is 48.6 Å². The molecule has 1 aliphatic carbocycles. The van der Waals surface area contributed by atoms with E-state index in [1.54, 1.807) is 0 Å². The molecule has 0 heterocycles. The van der Waals surface area contributed by atoms with Crippen LogP contribution < -0.4 is 0 Å². The fraction of sp³-hybridized carbons (Fsp3) is 0.444. The topological polar surface area (TPSA) is 0 Å². The SMILES string of the molecule is CC(C)C1(C(C)C)C=CC=C(c2ccccc2)C1. The van der Waals surface area contributed by atoms with Gasteiger partial charge in [-0.1, -0.05) is 76.3 Å². The zero-order chi connectivity index (χ0) is 13.2. The van der Waals surface area contributed by atoms with Crippen molar-refractivity contribution in [1.29, 1.82) is 0 Å². The Balaban J connectivity index is 2.34. The van der Waals surface area contributed by atoms with Gasteiger partial charge in [0.05, 0.1) is 0 Å². The second-order valence-corrected chi connectivity index (χ2v) is 6.02. The summed E-state index contributed by atoms with van der Waals surface area (Å²) in [7, 11) is 0. The first-order valence-corrected chi connectivity index (χ1v) is 7.00. The summed E-state index contributed by atoms with van der Waals surface area (Å²) in [6, 6.07) is 10.8. The molecular weight excluding hydrogens is 216 g/mol. The molecule has 0 amide bonds. The van der Waals surface area contributed by atoms with Gasteiger partial charge in [0.25, 0.3) is 0 Å². The normalized spacial score (nSPS) is 18.2. The lowest BCUT2D eigenvalue weighted by Crippen LogP contribution is -2.32. The van der Waals surface area contributed by atoms with Crippen LogP contribution in [-0.2, 0) is 0 Å². The minimum absolute atomic E-state index is 0.305. The lowest BCUT2D eigenvalue weighted by molar-refractivity contribution is 0.184. The molecule has 0 N–H and O–H groups in total. The van der Waals surface area contributed by atoms with E-state index < -0.39 is 0 Å². The van der Waals surface area contributed by atoms with Crippen molar-refractivity contribution in [3.8, 4) is 0 Å². The number of allylic oxidation sites excluding steroid dienone is 4. The van der Waals surface area contributed by atoms with E-state index in [0.29, 0.717) is 17.3 Å². The van der Waals surface area contributed by atoms with Crippen molar-refractivity contribution in [3.05, 3.63) is 54.1 Å². The van der Waals surface area contributed by atoms with Crippen molar-refractivity contribution in [3.63, 3.8) is 0 Å². The minimum Gasteiger partial charge on any atom is -0.0775 e. The molecule has 0 saturated heterocycles. The van der Waals surface area contributed by atoms with Gasteiger partial charge in [-0.15, -0.1) is 0 Å². The Hall–Kier alpha value is -1.30. The van der Waals surface area contributed by atoms with Crippen LogP contribution in [0.1, 0.15) is 39.7 Å². The predicted octanol–water partition coefficient (Wildman–Crippen LogP) is 5.33. The molecule has 2 rings (SSSR count). The van der Waals surface area contributed by atoms with Crippen molar-refractivity contribution in [2.75, 3.05) is 0 Å². The van der Waals surface area contributed by atoms with E-state index >= 15 is 0 Å². The fourth-order valence-electron chi connectivity index (χ4n) is 3.10. The summed E-state index contributed by atoms with van der Waals surface area (Å²) in [4.78, 5) is 0. The predicted molar refractivity (Wildman–Crippen MR) is 80.3 cm³/mol. The molecule has 0 unspecified atom stereocenters. The standard InChI is InChI=1S/C18H24/c1-14(2)18(15(3)4)12-8-11-17(13-18)16-9-6-5-7-10-16/h5-12,14-15H,13H2,1-4H3. The Bertz CT molecular complexity index is 438. The van der Waals surface area contributed by atoms with Gasteiger partial charge in [-0.3, -0.25) is 0 Å². The molecule has 0 aliphatic heterocycles. The van der Waals surface area contributed by atoms with Crippen molar-refractivity contribution in [1.82, 2.24) is 0 Å². The maximum Gasteiger partial charge on any atom is -0.00286 e. The number of hydrogen-bond acceptors (Lipinski definition) is 0. The number of hydrogen-bond donors (Lipinski definition) is 0. The first kappa shape index (κ1) is 13.1. The van der Waals surface area contributed by atoms with Gasteiger partial charge in [0, 0.05) is 0 Å². The van der Waals surface area contributed by atoms with Crippen LogP contribution in [0, 0.1) is 17.3 Å². The van der Waals surface area contributed by atoms with E-state index in [4.69, 9.17) is 0 Å². The molecule has 0 spiro atoms. The van der Waals surface area contributed by atoms with Crippen molar-refractivity contribution in [2.45, 2.75) is 34.1 Å². The summed E-state index contributed by atoms with van der Waals surface area (Å²) in [5.41, 5.74) is 3.15. The van der Waals surface area contributed by atoms with Crippen molar-refractivity contribution < 1.29 is 0 Å². The third-order valence-electron chi connectivity index (χ3n) is 4.49. The second-order valence-electron chi connectivity index (χ2n) is 6.02. The summed E-state index contributed by atoms with van der Waals surface area (Å²) in [5.74, 6) is 1.34. The molecule has 1 aliphatic rings. The van der Waals surface area contributed by atoms with E-state index in [0.717, 1.165) is 6.42 Å². The van der Waals surface area contributed by atoms with Crippen LogP contribution in [0.3, 0.4) is 0 Å². The van der Waals surface area contributed by atoms with E-state index in [1.165, 1.54) is 11.1 Å². The first-order valence-electron chi connectivity index (χ1n) is 7.00. The first-order chi connectivity index (χ1) is 8.56. The van der Waals surface area contributed by atoms with E-state index in [1.807, 2.05) is 0 Å². The molecule has 96 valence electrons. The average molecular weight is 240 g/mol. The Kier molecular flexibility index (Phi) is 3.75. The molecule has 18 heavy (non-hydrogen) atoms. The molecule has 0 saturated carbocycles. The van der Waals surface area contributed by atoms with Gasteiger partial charge in [-0.05, 0) is 34.8 Å². The highest BCUT2D eigenvalue weighted by Crippen LogP contribution is 2.47. The zero-order valence-electron chi connectivity index (χ0n) is 12.0. The Morgan fingerprint density at radius 3 is 2.11 bits per heavy atom. The third-order valence-corrected chi connectivity index (χ3v) is 4.49. The van der Waals surface area contributed by atoms with Crippen molar-refractivity contribution >= 4 is 5.57 Å². The van der Waals surface area contributed by atoms with Crippen LogP contribution in [0.5, 0.6) is 0 Å². The summed E-state index contributed by atoms with van der Waals surface area (Å²) in [6.45, 7) is 9.38. The molecule has 1 aromatic rings. The van der Waals surface area contributed by atoms with Crippen LogP contribution in [0.2, 0.25) is 0 Å². The highest BCUT2D eigenvalue weighted by Gasteiger charge is 2.36. The van der Waals surface area contributed by atoms with Crippen LogP contribution in [0.4, 0.5) is 0 Å². The summed E-state index contributed by atoms with van der Waals surface area (Å²) < 4.78 is 0. The van der Waals surface area contributed by atoms with Gasteiger partial charge in [0.15, 0.2) is 0 Å². The van der Waals surface area contributed by atoms with Gasteiger partial charge in [-0.2, -0.15) is 0 Å². The molecule has 0 heteroatoms. The quantitative estimate of drug-likeness (QED) is 0.670. The largest absolute Gasteiger partial charge is 0.0775 e. The Morgan fingerprint density at radius 1 is 0.944 bits per heavy atom. The van der Waals surface area contributed by atoms with Gasteiger partial charge < -0.3 is 0 Å². The summed E-state index contributed by atoms with van der Waals surface area (Å²) in [5, 5.41) is 0. The smallest absolute Gasteiger partial charge is 0.00286 e. The van der Waals surface area contributed by atoms with Crippen LogP contribution in [0.25, 0.3) is 5.57 Å². The molecule has 0 bridgehead atoms. The fourth-order valence-corrected chi connectivity index (χ4v) is 3.10. The second kappa shape index (κ2) is 5.14. The highest BCUT2D eigenvalue weighted by molar-refractivity contribution is 5.69. The van der Waals surface area contributed by atoms with E-state index in [-0.39, 0.29) is 0 Å². The zero-order valence-corrected chi connectivity index (χ0v) is 12.0. The molecule has 1 aromatic carbocycles. The number of benzene rings is 1. The van der Waals surface area contributed by atoms with E-state index in [2.05, 4.69) is 76.3 Å². The molecule has 0 nitrogen and oxygen atoms in total. The highest BCUT2D eigenvalue weighted by atomic mass is 14.4. The van der Waals surface area contributed by atoms with Gasteiger partial charge in [0.1, 0.15) is 0 Å². The molecule has 0 fully saturated rings. The lowest BCUT2D eigenvalue weighted by Gasteiger charge is -2.41. The molecular formula is C18H24. The van der Waals surface area contributed by atoms with Gasteiger partial charge >= 0.3 is 0 Å². The molecule has 0 atom stereocenters. The maximum absolute atomic E-state index is 2.43. The summed E-state index contributed by atoms with van der Waals surface area (Å²) >= 11 is 0. The Labute approximate surface area is 111 Å². The number of rotatable bonds is 3. The van der Waals surface area contributed by atoms with E-state index in [9.17, 15) is 0 Å². The average Bonchev–Trinajstić information content (AvgIpc) is 2.39. The monoisotopic (exact) mass is 240 g/mol. The lowest BCUT2D eigenvalue weighted by atomic mass is 9.63. The van der Waals surface area contributed by atoms with Gasteiger partial charge in [0.2, 0.25) is 0 Å². The molecule has 0 aromatic heterocycles. The van der Waals surface area contributed by atoms with Gasteiger partial charge in [-0.25, -0.2) is 0 Å². The van der Waals surface area contributed by atoms with Crippen molar-refractivity contribution in [2.24, 2.45) is 17.3 Å². The summed E-state index contributed by atoms with van der Waals surface area (Å²) in [6.07, 6.45) is 8.11. The van der Waals surface area contributed by atoms with Crippen LogP contribution in [-0.4, -0.2) is 0 Å². The Morgan fingerprint density at radius 2 is 1.56 bits per heavy atom. The minimum atomic E-state index is 0.305. The van der Waals surface area contributed by atoms with Crippen LogP contribution >= 0.6 is 0 Å².